The maximum Gasteiger partial charge on any atom is 0.416 e. The van der Waals surface area contributed by atoms with Crippen LogP contribution in [0.15, 0.2) is 77.7 Å². The lowest BCUT2D eigenvalue weighted by Crippen LogP contribution is -2.68. The van der Waals surface area contributed by atoms with E-state index in [1.54, 1.807) is 0 Å². The standard InChI is InChI=1S/C66H94F6N6O8S/c1-5-6-7-8-9-10-11-12-13-14-15-16-17-18-19-20-21-22-41-86-59(79)38-23-45(2)54-36-37-55-60-56(44-58(64(54,55)4)76-62(81)74-50-30-26-47(27-31-50)66(70,71)72)63(3)40-39-51(77-87(84,85)53-34-32-52(33-35-53)78(82)83)42-48(63)43-57(60)75-61(80)73-49-28-24-46(25-29-49)65(67,68)69/h24-35,45,48,51,54-58,60,77H,5-23,36-44H2,1-4H3,(H2,73,75,80)(H2,74,76,81)/t45-,48+,51-,54-,55+,56+,57-,58+,60+,63+,64-/m1/s1. The Morgan fingerprint density at radius 2 is 1.15 bits per heavy atom. The average Bonchev–Trinajstić information content (AvgIpc) is 1.69. The Balaban J connectivity index is 1.03. The van der Waals surface area contributed by atoms with E-state index in [-0.39, 0.29) is 69.9 Å². The molecule has 21 heteroatoms. The van der Waals surface area contributed by atoms with Crippen molar-refractivity contribution in [1.82, 2.24) is 15.4 Å². The summed E-state index contributed by atoms with van der Waals surface area (Å²) >= 11 is 0. The predicted octanol–water partition coefficient (Wildman–Crippen LogP) is 17.5. The first-order chi connectivity index (χ1) is 41.3. The summed E-state index contributed by atoms with van der Waals surface area (Å²) in [6.45, 7) is 9.05. The molecule has 0 spiro atoms. The molecule has 0 heterocycles. The van der Waals surface area contributed by atoms with Crippen LogP contribution in [-0.2, 0) is 31.9 Å². The maximum absolute atomic E-state index is 14.3. The number of benzene rings is 3. The highest BCUT2D eigenvalue weighted by Crippen LogP contribution is 2.68. The Labute approximate surface area is 511 Å². The van der Waals surface area contributed by atoms with Crippen molar-refractivity contribution in [3.8, 4) is 0 Å². The Hall–Kier alpha value is -5.44. The van der Waals surface area contributed by atoms with Gasteiger partial charge in [0.25, 0.3) is 5.69 Å². The minimum atomic E-state index is -4.59. The lowest BCUT2D eigenvalue weighted by atomic mass is 9.42. The number of amides is 4. The van der Waals surface area contributed by atoms with Crippen molar-refractivity contribution in [2.75, 3.05) is 17.2 Å². The third-order valence-electron chi connectivity index (χ3n) is 20.4. The van der Waals surface area contributed by atoms with E-state index >= 15 is 0 Å². The number of nitrogens with zero attached hydrogens (tertiary/aromatic N) is 1. The molecule has 0 bridgehead atoms. The molecule has 11 atom stereocenters. The number of urea groups is 2. The molecule has 0 radical (unpaired) electrons. The minimum absolute atomic E-state index is 0.0444. The SMILES string of the molecule is CCCCCCCCCCCCCCCCCCCCOC(=O)CC[C@@H](C)[C@H]1CC[C@H]2[C@@H]3[C@H](NC(=O)Nc4ccc(C(F)(F)F)cc4)C[C@@H]4C[C@H](NS(=O)(=O)c5ccc([N+](=O)[O-])cc5)CC[C@]4(C)[C@H]3C[C@H](NC(=O)Nc3ccc(C(F)(F)F)cc3)[C@]12C. The minimum Gasteiger partial charge on any atom is -0.466 e. The topological polar surface area (TPSA) is 198 Å². The van der Waals surface area contributed by atoms with Crippen LogP contribution in [0.3, 0.4) is 0 Å². The summed E-state index contributed by atoms with van der Waals surface area (Å²) in [4.78, 5) is 52.4. The average molecular weight is 1250 g/mol. The Morgan fingerprint density at radius 3 is 1.64 bits per heavy atom. The van der Waals surface area contributed by atoms with Crippen molar-refractivity contribution < 1.29 is 58.8 Å². The van der Waals surface area contributed by atoms with Crippen LogP contribution in [-0.4, -0.2) is 56.1 Å². The van der Waals surface area contributed by atoms with Gasteiger partial charge in [-0.15, -0.1) is 0 Å². The molecule has 87 heavy (non-hydrogen) atoms. The van der Waals surface area contributed by atoms with Gasteiger partial charge in [0.15, 0.2) is 0 Å². The second kappa shape index (κ2) is 31.3. The molecule has 0 unspecified atom stereocenters. The van der Waals surface area contributed by atoms with Crippen molar-refractivity contribution in [2.45, 2.75) is 236 Å². The zero-order valence-electron chi connectivity index (χ0n) is 51.3. The fourth-order valence-electron chi connectivity index (χ4n) is 15.7. The zero-order valence-corrected chi connectivity index (χ0v) is 52.1. The highest BCUT2D eigenvalue weighted by molar-refractivity contribution is 7.89. The van der Waals surface area contributed by atoms with Crippen LogP contribution in [0.25, 0.3) is 0 Å². The summed E-state index contributed by atoms with van der Waals surface area (Å²) in [5.41, 5.74) is -2.88. The van der Waals surface area contributed by atoms with E-state index in [0.29, 0.717) is 51.6 Å². The molecule has 0 aliphatic heterocycles. The molecule has 0 saturated heterocycles. The summed E-state index contributed by atoms with van der Waals surface area (Å²) < 4.78 is 117. The van der Waals surface area contributed by atoms with E-state index in [9.17, 15) is 59.3 Å². The number of carbonyl (C=O) groups is 3. The molecule has 14 nitrogen and oxygen atoms in total. The molecule has 4 aliphatic carbocycles. The molecule has 4 fully saturated rings. The van der Waals surface area contributed by atoms with Gasteiger partial charge < -0.3 is 26.0 Å². The van der Waals surface area contributed by atoms with Crippen molar-refractivity contribution >= 4 is 45.1 Å². The van der Waals surface area contributed by atoms with Gasteiger partial charge in [0.1, 0.15) is 0 Å². The molecule has 5 N–H and O–H groups in total. The molecule has 4 saturated carbocycles. The van der Waals surface area contributed by atoms with Crippen LogP contribution in [0.5, 0.6) is 0 Å². The van der Waals surface area contributed by atoms with Gasteiger partial charge in [-0.1, -0.05) is 137 Å². The van der Waals surface area contributed by atoms with Crippen LogP contribution in [0.4, 0.5) is 53.0 Å². The normalized spacial score (nSPS) is 25.7. The van der Waals surface area contributed by atoms with E-state index in [1.165, 1.54) is 133 Å². The van der Waals surface area contributed by atoms with Crippen LogP contribution >= 0.6 is 0 Å². The smallest absolute Gasteiger partial charge is 0.416 e. The number of nitro groups is 1. The van der Waals surface area contributed by atoms with Crippen molar-refractivity contribution in [3.63, 3.8) is 0 Å². The molecule has 3 aromatic rings. The number of hydrogen-bond donors (Lipinski definition) is 5. The molecular formula is C66H94F6N6O8S. The fourth-order valence-corrected chi connectivity index (χ4v) is 17.0. The van der Waals surface area contributed by atoms with Gasteiger partial charge >= 0.3 is 30.4 Å². The number of sulfonamides is 1. The van der Waals surface area contributed by atoms with Crippen molar-refractivity contribution in [3.05, 3.63) is 94.0 Å². The van der Waals surface area contributed by atoms with E-state index in [0.717, 1.165) is 62.1 Å². The second-order valence-electron chi connectivity index (χ2n) is 26.1. The van der Waals surface area contributed by atoms with Crippen LogP contribution in [0.2, 0.25) is 0 Å². The highest BCUT2D eigenvalue weighted by Gasteiger charge is 2.66. The number of alkyl halides is 6. The van der Waals surface area contributed by atoms with E-state index < -0.39 is 79.4 Å². The molecule has 4 amide bonds. The van der Waals surface area contributed by atoms with E-state index in [4.69, 9.17) is 4.74 Å². The molecule has 3 aromatic carbocycles. The summed E-state index contributed by atoms with van der Waals surface area (Å²) in [5, 5.41) is 23.4. The van der Waals surface area contributed by atoms with Gasteiger partial charge in [0.2, 0.25) is 10.0 Å². The van der Waals surface area contributed by atoms with Crippen molar-refractivity contribution in [1.29, 1.82) is 0 Å². The second-order valence-corrected chi connectivity index (χ2v) is 27.8. The Morgan fingerprint density at radius 1 is 0.655 bits per heavy atom. The summed E-state index contributed by atoms with van der Waals surface area (Å²) in [6.07, 6.45) is 17.8. The number of hydrogen-bond acceptors (Lipinski definition) is 8. The number of rotatable bonds is 31. The van der Waals surface area contributed by atoms with E-state index in [1.807, 2.05) is 0 Å². The lowest BCUT2D eigenvalue weighted by Gasteiger charge is -2.65. The summed E-state index contributed by atoms with van der Waals surface area (Å²) in [7, 11) is -4.14. The number of nitrogens with one attached hydrogen (secondary N) is 5. The van der Waals surface area contributed by atoms with Crippen LogP contribution < -0.4 is 26.0 Å². The monoisotopic (exact) mass is 1240 g/mol. The number of unbranched alkanes of at least 4 members (excludes halogenated alkanes) is 17. The molecule has 7 rings (SSSR count). The van der Waals surface area contributed by atoms with Crippen molar-refractivity contribution in [2.24, 2.45) is 46.3 Å². The number of carbonyl (C=O) groups excluding carboxylic acids is 3. The Bertz CT molecular complexity index is 2810. The predicted molar refractivity (Wildman–Crippen MR) is 326 cm³/mol. The quantitative estimate of drug-likeness (QED) is 0.0138. The van der Waals surface area contributed by atoms with Gasteiger partial charge in [-0.05, 0) is 165 Å². The largest absolute Gasteiger partial charge is 0.466 e. The first-order valence-corrected chi connectivity index (χ1v) is 33.7. The number of esters is 1. The Kier molecular flexibility index (Phi) is 24.9. The lowest BCUT2D eigenvalue weighted by molar-refractivity contribution is -0.384. The van der Waals surface area contributed by atoms with Gasteiger partial charge in [-0.2, -0.15) is 26.3 Å². The number of nitro benzene ring substituents is 1. The van der Waals surface area contributed by atoms with Crippen LogP contribution in [0.1, 0.15) is 212 Å². The number of halogens is 6. The number of fused-ring (bicyclic) bond motifs is 5. The third-order valence-corrected chi connectivity index (χ3v) is 22.0. The molecule has 0 aromatic heterocycles. The van der Waals surface area contributed by atoms with Gasteiger partial charge in [0, 0.05) is 48.1 Å². The van der Waals surface area contributed by atoms with Gasteiger partial charge in [-0.3, -0.25) is 14.9 Å². The highest BCUT2D eigenvalue weighted by atomic mass is 32.2. The number of ether oxygens (including phenoxy) is 1. The number of non-ortho nitro benzene ring substituents is 1. The third kappa shape index (κ3) is 18.8. The molecule has 4 aliphatic rings. The van der Waals surface area contributed by atoms with Gasteiger partial charge in [-0.25, -0.2) is 22.7 Å². The fraction of sp³-hybridized carbons (Fsp3) is 0.682. The zero-order chi connectivity index (χ0) is 63.0. The summed E-state index contributed by atoms with van der Waals surface area (Å²) in [6, 6.07) is 10.0. The maximum atomic E-state index is 14.3. The van der Waals surface area contributed by atoms with Crippen LogP contribution in [0, 0.1) is 56.5 Å². The van der Waals surface area contributed by atoms with E-state index in [2.05, 4.69) is 53.7 Å². The summed E-state index contributed by atoms with van der Waals surface area (Å²) in [5.74, 6) is -1.15. The number of anilines is 2. The first-order valence-electron chi connectivity index (χ1n) is 32.3. The first kappa shape index (κ1) is 69.0. The van der Waals surface area contributed by atoms with Gasteiger partial charge in [0.05, 0.1) is 27.6 Å². The molecular weight excluding hydrogens is 1150 g/mol. The molecule has 484 valence electrons.